The molecule has 0 bridgehead atoms. The van der Waals surface area contributed by atoms with Gasteiger partial charge in [0, 0.05) is 13.1 Å². The SMILES string of the molecule is CCNc1cncc(OC2CCNC2)n1. The molecule has 1 fully saturated rings. The summed E-state index contributed by atoms with van der Waals surface area (Å²) in [5.41, 5.74) is 0. The largest absolute Gasteiger partial charge is 0.472 e. The first-order valence-corrected chi connectivity index (χ1v) is 5.32. The van der Waals surface area contributed by atoms with Gasteiger partial charge in [0.2, 0.25) is 5.88 Å². The summed E-state index contributed by atoms with van der Waals surface area (Å²) >= 11 is 0. The lowest BCUT2D eigenvalue weighted by molar-refractivity contribution is 0.213. The summed E-state index contributed by atoms with van der Waals surface area (Å²) in [7, 11) is 0. The summed E-state index contributed by atoms with van der Waals surface area (Å²) in [5.74, 6) is 1.36. The summed E-state index contributed by atoms with van der Waals surface area (Å²) in [6, 6.07) is 0. The normalized spacial score (nSPS) is 20.2. The first-order chi connectivity index (χ1) is 7.38. The molecule has 1 aromatic rings. The van der Waals surface area contributed by atoms with Crippen LogP contribution >= 0.6 is 0 Å². The van der Waals surface area contributed by atoms with Crippen LogP contribution < -0.4 is 15.4 Å². The van der Waals surface area contributed by atoms with E-state index in [4.69, 9.17) is 4.74 Å². The smallest absolute Gasteiger partial charge is 0.234 e. The second-order valence-electron chi connectivity index (χ2n) is 3.51. The van der Waals surface area contributed by atoms with Crippen LogP contribution in [0, 0.1) is 0 Å². The van der Waals surface area contributed by atoms with Crippen LogP contribution in [0.2, 0.25) is 0 Å². The number of hydrogen-bond donors (Lipinski definition) is 2. The Kier molecular flexibility index (Phi) is 3.34. The maximum absolute atomic E-state index is 5.69. The van der Waals surface area contributed by atoms with E-state index in [0.29, 0.717) is 5.88 Å². The molecule has 5 heteroatoms. The van der Waals surface area contributed by atoms with Crippen LogP contribution in [0.15, 0.2) is 12.4 Å². The minimum Gasteiger partial charge on any atom is -0.472 e. The zero-order chi connectivity index (χ0) is 10.5. The molecular formula is C10H16N4O. The van der Waals surface area contributed by atoms with Crippen molar-refractivity contribution in [2.45, 2.75) is 19.4 Å². The number of rotatable bonds is 4. The van der Waals surface area contributed by atoms with Crippen LogP contribution in [0.25, 0.3) is 0 Å². The van der Waals surface area contributed by atoms with Crippen molar-refractivity contribution in [3.05, 3.63) is 12.4 Å². The number of anilines is 1. The summed E-state index contributed by atoms with van der Waals surface area (Å²) in [4.78, 5) is 8.38. The molecule has 0 amide bonds. The number of aromatic nitrogens is 2. The Morgan fingerprint density at radius 1 is 1.60 bits per heavy atom. The van der Waals surface area contributed by atoms with Gasteiger partial charge in [-0.25, -0.2) is 0 Å². The average molecular weight is 208 g/mol. The average Bonchev–Trinajstić information content (AvgIpc) is 2.71. The van der Waals surface area contributed by atoms with Gasteiger partial charge in [0.25, 0.3) is 0 Å². The highest BCUT2D eigenvalue weighted by Crippen LogP contribution is 2.13. The van der Waals surface area contributed by atoms with E-state index in [1.54, 1.807) is 12.4 Å². The molecular weight excluding hydrogens is 192 g/mol. The molecule has 15 heavy (non-hydrogen) atoms. The maximum Gasteiger partial charge on any atom is 0.234 e. The van der Waals surface area contributed by atoms with Gasteiger partial charge < -0.3 is 15.4 Å². The third kappa shape index (κ3) is 2.79. The van der Waals surface area contributed by atoms with Crippen molar-refractivity contribution in [3.8, 4) is 5.88 Å². The highest BCUT2D eigenvalue weighted by molar-refractivity contribution is 5.32. The fourth-order valence-electron chi connectivity index (χ4n) is 1.57. The van der Waals surface area contributed by atoms with Gasteiger partial charge in [-0.2, -0.15) is 4.98 Å². The maximum atomic E-state index is 5.69. The summed E-state index contributed by atoms with van der Waals surface area (Å²) in [6.45, 7) is 4.78. The Bertz CT molecular complexity index is 312. The predicted molar refractivity (Wildman–Crippen MR) is 58.1 cm³/mol. The molecule has 1 unspecified atom stereocenters. The van der Waals surface area contributed by atoms with Crippen molar-refractivity contribution in [3.63, 3.8) is 0 Å². The minimum atomic E-state index is 0.233. The van der Waals surface area contributed by atoms with Crippen molar-refractivity contribution in [2.75, 3.05) is 25.0 Å². The standard InChI is InChI=1S/C10H16N4O/c1-2-13-9-6-12-7-10(14-9)15-8-3-4-11-5-8/h6-8,11H,2-5H2,1H3,(H,13,14). The molecule has 0 radical (unpaired) electrons. The zero-order valence-electron chi connectivity index (χ0n) is 8.86. The fourth-order valence-corrected chi connectivity index (χ4v) is 1.57. The van der Waals surface area contributed by atoms with Gasteiger partial charge in [-0.1, -0.05) is 0 Å². The topological polar surface area (TPSA) is 59.1 Å². The van der Waals surface area contributed by atoms with Crippen LogP contribution in [0.1, 0.15) is 13.3 Å². The monoisotopic (exact) mass is 208 g/mol. The van der Waals surface area contributed by atoms with Crippen LogP contribution in [0.4, 0.5) is 5.82 Å². The number of nitrogens with one attached hydrogen (secondary N) is 2. The number of ether oxygens (including phenoxy) is 1. The van der Waals surface area contributed by atoms with E-state index in [0.717, 1.165) is 31.9 Å². The van der Waals surface area contributed by atoms with Gasteiger partial charge in [0.1, 0.15) is 11.9 Å². The Morgan fingerprint density at radius 3 is 3.27 bits per heavy atom. The molecule has 1 aliphatic rings. The van der Waals surface area contributed by atoms with Crippen molar-refractivity contribution in [2.24, 2.45) is 0 Å². The van der Waals surface area contributed by atoms with E-state index >= 15 is 0 Å². The molecule has 0 spiro atoms. The van der Waals surface area contributed by atoms with Gasteiger partial charge in [0.15, 0.2) is 0 Å². The summed E-state index contributed by atoms with van der Waals surface area (Å²) in [5, 5.41) is 6.35. The second-order valence-corrected chi connectivity index (χ2v) is 3.51. The molecule has 1 saturated heterocycles. The van der Waals surface area contributed by atoms with Crippen molar-refractivity contribution < 1.29 is 4.74 Å². The Labute approximate surface area is 89.3 Å². The second kappa shape index (κ2) is 4.93. The van der Waals surface area contributed by atoms with Gasteiger partial charge in [-0.3, -0.25) is 4.98 Å². The predicted octanol–water partition coefficient (Wildman–Crippen LogP) is 0.649. The molecule has 0 saturated carbocycles. The van der Waals surface area contributed by atoms with Crippen LogP contribution in [0.3, 0.4) is 0 Å². The van der Waals surface area contributed by atoms with Crippen molar-refractivity contribution in [1.82, 2.24) is 15.3 Å². The molecule has 1 aromatic heterocycles. The molecule has 82 valence electrons. The zero-order valence-corrected chi connectivity index (χ0v) is 8.86. The van der Waals surface area contributed by atoms with Gasteiger partial charge in [0.05, 0.1) is 12.4 Å². The Morgan fingerprint density at radius 2 is 2.53 bits per heavy atom. The van der Waals surface area contributed by atoms with Gasteiger partial charge in [-0.05, 0) is 19.9 Å². The molecule has 1 aliphatic heterocycles. The van der Waals surface area contributed by atoms with Crippen LogP contribution in [-0.4, -0.2) is 35.7 Å². The summed E-state index contributed by atoms with van der Waals surface area (Å²) in [6.07, 6.45) is 4.62. The first kappa shape index (κ1) is 10.2. The van der Waals surface area contributed by atoms with Crippen molar-refractivity contribution >= 4 is 5.82 Å². The van der Waals surface area contributed by atoms with E-state index in [2.05, 4.69) is 20.6 Å². The van der Waals surface area contributed by atoms with E-state index in [1.807, 2.05) is 6.92 Å². The third-order valence-electron chi connectivity index (χ3n) is 2.27. The lowest BCUT2D eigenvalue weighted by Crippen LogP contribution is -2.20. The Balaban J connectivity index is 1.97. The molecule has 2 N–H and O–H groups in total. The van der Waals surface area contributed by atoms with E-state index in [9.17, 15) is 0 Å². The minimum absolute atomic E-state index is 0.233. The Hall–Kier alpha value is -1.36. The highest BCUT2D eigenvalue weighted by atomic mass is 16.5. The lowest BCUT2D eigenvalue weighted by Gasteiger charge is -2.11. The third-order valence-corrected chi connectivity index (χ3v) is 2.27. The van der Waals surface area contributed by atoms with Crippen LogP contribution in [-0.2, 0) is 0 Å². The first-order valence-electron chi connectivity index (χ1n) is 5.32. The van der Waals surface area contributed by atoms with Gasteiger partial charge >= 0.3 is 0 Å². The van der Waals surface area contributed by atoms with Crippen LogP contribution in [0.5, 0.6) is 5.88 Å². The quantitative estimate of drug-likeness (QED) is 0.760. The number of hydrogen-bond acceptors (Lipinski definition) is 5. The summed E-state index contributed by atoms with van der Waals surface area (Å²) < 4.78 is 5.69. The number of nitrogens with zero attached hydrogens (tertiary/aromatic N) is 2. The highest BCUT2D eigenvalue weighted by Gasteiger charge is 2.16. The van der Waals surface area contributed by atoms with E-state index in [-0.39, 0.29) is 6.10 Å². The molecule has 5 nitrogen and oxygen atoms in total. The van der Waals surface area contributed by atoms with E-state index in [1.165, 1.54) is 0 Å². The molecule has 2 rings (SSSR count). The molecule has 0 aliphatic carbocycles. The van der Waals surface area contributed by atoms with Crippen molar-refractivity contribution in [1.29, 1.82) is 0 Å². The fraction of sp³-hybridized carbons (Fsp3) is 0.600. The molecule has 2 heterocycles. The van der Waals surface area contributed by atoms with Gasteiger partial charge in [-0.15, -0.1) is 0 Å². The molecule has 1 atom stereocenters. The van der Waals surface area contributed by atoms with E-state index < -0.39 is 0 Å². The lowest BCUT2D eigenvalue weighted by atomic mass is 10.3. The molecule has 0 aromatic carbocycles.